The molecule has 3 aliphatic rings. The van der Waals surface area contributed by atoms with Gasteiger partial charge in [0.25, 0.3) is 5.91 Å². The summed E-state index contributed by atoms with van der Waals surface area (Å²) in [4.78, 5) is 21.6. The second-order valence-corrected chi connectivity index (χ2v) is 10.4. The van der Waals surface area contributed by atoms with Crippen LogP contribution in [0.5, 0.6) is 11.5 Å². The lowest BCUT2D eigenvalue weighted by molar-refractivity contribution is -0.159. The molecule has 3 aliphatic heterocycles. The van der Waals surface area contributed by atoms with Gasteiger partial charge in [-0.15, -0.1) is 0 Å². The summed E-state index contributed by atoms with van der Waals surface area (Å²) in [6.45, 7) is 11.2. The van der Waals surface area contributed by atoms with Crippen LogP contribution >= 0.6 is 0 Å². The molecule has 35 heavy (non-hydrogen) atoms. The zero-order valence-electron chi connectivity index (χ0n) is 21.2. The number of likely N-dealkylation sites (tertiary alicyclic amines) is 1. The quantitative estimate of drug-likeness (QED) is 0.626. The van der Waals surface area contributed by atoms with Crippen LogP contribution in [0.4, 0.5) is 5.82 Å². The molecule has 0 aliphatic carbocycles. The topological polar surface area (TPSA) is 73.4 Å². The fourth-order valence-corrected chi connectivity index (χ4v) is 5.18. The van der Waals surface area contributed by atoms with Crippen LogP contribution in [0.25, 0.3) is 0 Å². The van der Waals surface area contributed by atoms with E-state index in [0.29, 0.717) is 25.6 Å². The zero-order chi connectivity index (χ0) is 24.7. The molecule has 3 atom stereocenters. The van der Waals surface area contributed by atoms with Crippen molar-refractivity contribution in [2.24, 2.45) is 5.92 Å². The Kier molecular flexibility index (Phi) is 6.36. The molecule has 188 valence electrons. The predicted molar refractivity (Wildman–Crippen MR) is 132 cm³/mol. The van der Waals surface area contributed by atoms with E-state index in [1.165, 1.54) is 5.56 Å². The maximum Gasteiger partial charge on any atom is 0.254 e. The Morgan fingerprint density at radius 2 is 1.91 bits per heavy atom. The summed E-state index contributed by atoms with van der Waals surface area (Å²) in [6.07, 6.45) is 1.38. The normalized spacial score (nSPS) is 26.0. The Bertz CT molecular complexity index is 1080. The van der Waals surface area contributed by atoms with Gasteiger partial charge in [-0.3, -0.25) is 4.79 Å². The molecule has 0 bridgehead atoms. The van der Waals surface area contributed by atoms with Gasteiger partial charge in [0.05, 0.1) is 26.8 Å². The number of carbonyl (C=O) groups is 1. The molecular formula is C27H35N3O5. The number of aromatic nitrogens is 1. The van der Waals surface area contributed by atoms with Crippen molar-refractivity contribution in [2.75, 3.05) is 44.8 Å². The van der Waals surface area contributed by atoms with Crippen LogP contribution in [0.1, 0.15) is 37.8 Å². The van der Waals surface area contributed by atoms with Gasteiger partial charge in [-0.05, 0) is 62.1 Å². The fraction of sp³-hybridized carbons (Fsp3) is 0.556. The van der Waals surface area contributed by atoms with Crippen LogP contribution in [0.2, 0.25) is 0 Å². The van der Waals surface area contributed by atoms with E-state index in [2.05, 4.69) is 41.9 Å². The summed E-state index contributed by atoms with van der Waals surface area (Å²) in [5.74, 6) is 2.29. The average Bonchev–Trinajstić information content (AvgIpc) is 3.37. The molecule has 1 aromatic carbocycles. The van der Waals surface area contributed by atoms with Crippen molar-refractivity contribution in [3.05, 3.63) is 47.7 Å². The Morgan fingerprint density at radius 1 is 1.11 bits per heavy atom. The monoisotopic (exact) mass is 481 g/mol. The number of benzene rings is 1. The first-order chi connectivity index (χ1) is 16.7. The Morgan fingerprint density at radius 3 is 2.60 bits per heavy atom. The molecule has 8 heteroatoms. The number of rotatable bonds is 6. The minimum Gasteiger partial charge on any atom is -0.493 e. The maximum absolute atomic E-state index is 13.1. The van der Waals surface area contributed by atoms with Gasteiger partial charge in [0.2, 0.25) is 0 Å². The highest BCUT2D eigenvalue weighted by atomic mass is 16.7. The molecule has 1 aromatic heterocycles. The number of anilines is 1. The summed E-state index contributed by atoms with van der Waals surface area (Å²) in [5, 5.41) is 0. The minimum atomic E-state index is -0.709. The van der Waals surface area contributed by atoms with E-state index in [1.54, 1.807) is 7.11 Å². The summed E-state index contributed by atoms with van der Waals surface area (Å²) < 4.78 is 23.3. The Balaban J connectivity index is 1.24. The second-order valence-electron chi connectivity index (χ2n) is 10.4. The number of hydrogen-bond donors (Lipinski definition) is 0. The van der Waals surface area contributed by atoms with Crippen molar-refractivity contribution in [3.8, 4) is 11.5 Å². The molecule has 0 N–H and O–H groups in total. The van der Waals surface area contributed by atoms with E-state index in [-0.39, 0.29) is 17.9 Å². The molecule has 8 nitrogen and oxygen atoms in total. The van der Waals surface area contributed by atoms with Gasteiger partial charge < -0.3 is 28.7 Å². The van der Waals surface area contributed by atoms with E-state index in [0.717, 1.165) is 36.0 Å². The number of ether oxygens (including phenoxy) is 4. The number of amides is 1. The SMILES string of the molecule is COc1ccc(C2CN(C(=O)[C@@H]3COC(C)(C)O3)CC2C)cc1OC1CN(c2cc(C)ccn2)C1. The van der Waals surface area contributed by atoms with E-state index in [9.17, 15) is 4.79 Å². The minimum absolute atomic E-state index is 0.00854. The first kappa shape index (κ1) is 23.9. The lowest BCUT2D eigenvalue weighted by Gasteiger charge is -2.40. The van der Waals surface area contributed by atoms with Crippen molar-refractivity contribution >= 4 is 11.7 Å². The Hall–Kier alpha value is -2.84. The van der Waals surface area contributed by atoms with Crippen molar-refractivity contribution in [3.63, 3.8) is 0 Å². The fourth-order valence-electron chi connectivity index (χ4n) is 5.18. The van der Waals surface area contributed by atoms with Gasteiger partial charge in [0, 0.05) is 25.2 Å². The van der Waals surface area contributed by atoms with Gasteiger partial charge in [-0.1, -0.05) is 13.0 Å². The largest absolute Gasteiger partial charge is 0.493 e. The molecular weight excluding hydrogens is 446 g/mol. The summed E-state index contributed by atoms with van der Waals surface area (Å²) in [7, 11) is 1.66. The molecule has 2 aromatic rings. The van der Waals surface area contributed by atoms with Crippen LogP contribution in [0, 0.1) is 12.8 Å². The highest BCUT2D eigenvalue weighted by molar-refractivity contribution is 5.81. The standard InChI is InChI=1S/C27H35N3O5/c1-17-8-9-28-25(10-17)29-13-20(14-29)34-23-11-19(6-7-22(23)32-5)21-15-30(12-18(21)2)26(31)24-16-33-27(3,4)35-24/h6-11,18,20-21,24H,12-16H2,1-5H3/t18?,21?,24-/m0/s1. The lowest BCUT2D eigenvalue weighted by atomic mass is 9.90. The third kappa shape index (κ3) is 4.95. The first-order valence-corrected chi connectivity index (χ1v) is 12.3. The van der Waals surface area contributed by atoms with E-state index < -0.39 is 11.9 Å². The van der Waals surface area contributed by atoms with E-state index >= 15 is 0 Å². The lowest BCUT2D eigenvalue weighted by Crippen LogP contribution is -2.54. The maximum atomic E-state index is 13.1. The van der Waals surface area contributed by atoms with Crippen molar-refractivity contribution in [2.45, 2.75) is 51.6 Å². The summed E-state index contributed by atoms with van der Waals surface area (Å²) in [6, 6.07) is 10.2. The van der Waals surface area contributed by atoms with Crippen LogP contribution in [0.15, 0.2) is 36.5 Å². The average molecular weight is 482 g/mol. The van der Waals surface area contributed by atoms with Gasteiger partial charge >= 0.3 is 0 Å². The van der Waals surface area contributed by atoms with Gasteiger partial charge in [0.15, 0.2) is 23.4 Å². The molecule has 1 amide bonds. The predicted octanol–water partition coefficient (Wildman–Crippen LogP) is 3.38. The highest BCUT2D eigenvalue weighted by Gasteiger charge is 2.42. The van der Waals surface area contributed by atoms with Crippen molar-refractivity contribution in [1.29, 1.82) is 0 Å². The molecule has 2 unspecified atom stereocenters. The Labute approximate surface area is 207 Å². The number of aryl methyl sites for hydroxylation is 1. The van der Waals surface area contributed by atoms with E-state index in [1.807, 2.05) is 37.1 Å². The first-order valence-electron chi connectivity index (χ1n) is 12.3. The van der Waals surface area contributed by atoms with Crippen molar-refractivity contribution in [1.82, 2.24) is 9.88 Å². The highest BCUT2D eigenvalue weighted by Crippen LogP contribution is 2.39. The summed E-state index contributed by atoms with van der Waals surface area (Å²) in [5.41, 5.74) is 2.35. The van der Waals surface area contributed by atoms with E-state index in [4.69, 9.17) is 18.9 Å². The van der Waals surface area contributed by atoms with Gasteiger partial charge in [0.1, 0.15) is 11.9 Å². The van der Waals surface area contributed by atoms with Crippen LogP contribution < -0.4 is 14.4 Å². The molecule has 4 heterocycles. The molecule has 3 saturated heterocycles. The molecule has 3 fully saturated rings. The third-order valence-electron chi connectivity index (χ3n) is 7.19. The van der Waals surface area contributed by atoms with Gasteiger partial charge in [-0.2, -0.15) is 0 Å². The number of nitrogens with zero attached hydrogens (tertiary/aromatic N) is 3. The number of methoxy groups -OCH3 is 1. The number of hydrogen-bond acceptors (Lipinski definition) is 7. The molecule has 0 saturated carbocycles. The number of carbonyl (C=O) groups excluding carboxylic acids is 1. The van der Waals surface area contributed by atoms with Crippen LogP contribution in [-0.2, 0) is 14.3 Å². The third-order valence-corrected chi connectivity index (χ3v) is 7.19. The molecule has 0 spiro atoms. The van der Waals surface area contributed by atoms with Crippen LogP contribution in [-0.4, -0.2) is 73.7 Å². The van der Waals surface area contributed by atoms with Gasteiger partial charge in [-0.25, -0.2) is 4.98 Å². The second kappa shape index (κ2) is 9.32. The van der Waals surface area contributed by atoms with Crippen molar-refractivity contribution < 1.29 is 23.7 Å². The van der Waals surface area contributed by atoms with Crippen LogP contribution in [0.3, 0.4) is 0 Å². The zero-order valence-corrected chi connectivity index (χ0v) is 21.2. The molecule has 0 radical (unpaired) electrons. The summed E-state index contributed by atoms with van der Waals surface area (Å²) >= 11 is 0. The molecule has 5 rings (SSSR count). The smallest absolute Gasteiger partial charge is 0.254 e. The number of pyridine rings is 1.